The molecule has 0 aliphatic heterocycles. The largest absolute Gasteiger partial charge is 0.452 e. The lowest BCUT2D eigenvalue weighted by Gasteiger charge is -2.24. The zero-order valence-electron chi connectivity index (χ0n) is 14.8. The molecule has 10 heteroatoms. The van der Waals surface area contributed by atoms with Crippen molar-refractivity contribution < 1.29 is 22.7 Å². The van der Waals surface area contributed by atoms with Crippen molar-refractivity contribution in [2.45, 2.75) is 56.1 Å². The van der Waals surface area contributed by atoms with Gasteiger partial charge >= 0.3 is 5.97 Å². The summed E-state index contributed by atoms with van der Waals surface area (Å²) in [6, 6.07) is 3.88. The van der Waals surface area contributed by atoms with Crippen LogP contribution in [0.5, 0.6) is 0 Å². The minimum absolute atomic E-state index is 0.0788. The lowest BCUT2D eigenvalue weighted by atomic mass is 9.95. The molecule has 1 atom stereocenters. The van der Waals surface area contributed by atoms with Crippen molar-refractivity contribution in [2.75, 3.05) is 6.54 Å². The molecule has 1 aliphatic carbocycles. The SMILES string of the molecule is C[C@@H](OC(=O)CNS(=O)(=O)c1ccc(Cl)c(Cl)c1)C(=O)NC1CCCCC1. The smallest absolute Gasteiger partial charge is 0.321 e. The quantitative estimate of drug-likeness (QED) is 0.639. The standard InChI is InChI=1S/C17H22Cl2N2O5S/c1-11(17(23)21-12-5-3-2-4-6-12)26-16(22)10-20-27(24,25)13-7-8-14(18)15(19)9-13/h7-9,11-12,20H,2-6,10H2,1H3,(H,21,23)/t11-/m1/s1. The third-order valence-corrected chi connectivity index (χ3v) is 6.37. The number of benzene rings is 1. The van der Waals surface area contributed by atoms with Gasteiger partial charge in [0.2, 0.25) is 10.0 Å². The first-order valence-electron chi connectivity index (χ1n) is 8.63. The molecule has 0 aromatic heterocycles. The first-order chi connectivity index (χ1) is 12.7. The van der Waals surface area contributed by atoms with Crippen molar-refractivity contribution in [3.63, 3.8) is 0 Å². The van der Waals surface area contributed by atoms with Gasteiger partial charge in [0, 0.05) is 6.04 Å². The summed E-state index contributed by atoms with van der Waals surface area (Å²) in [5.41, 5.74) is 0. The van der Waals surface area contributed by atoms with E-state index in [0.29, 0.717) is 0 Å². The Morgan fingerprint density at radius 2 is 1.85 bits per heavy atom. The van der Waals surface area contributed by atoms with Gasteiger partial charge in [0.1, 0.15) is 6.54 Å². The fourth-order valence-electron chi connectivity index (χ4n) is 2.74. The molecule has 27 heavy (non-hydrogen) atoms. The van der Waals surface area contributed by atoms with E-state index >= 15 is 0 Å². The number of nitrogens with one attached hydrogen (secondary N) is 2. The monoisotopic (exact) mass is 436 g/mol. The molecule has 0 unspecified atom stereocenters. The highest BCUT2D eigenvalue weighted by Crippen LogP contribution is 2.24. The minimum atomic E-state index is -3.97. The molecule has 0 heterocycles. The van der Waals surface area contributed by atoms with Gasteiger partial charge in [0.05, 0.1) is 14.9 Å². The van der Waals surface area contributed by atoms with Crippen LogP contribution in [0.4, 0.5) is 0 Å². The summed E-state index contributed by atoms with van der Waals surface area (Å²) in [7, 11) is -3.97. The fraction of sp³-hybridized carbons (Fsp3) is 0.529. The highest BCUT2D eigenvalue weighted by Gasteiger charge is 2.23. The Kier molecular flexibility index (Phi) is 7.91. The number of hydrogen-bond acceptors (Lipinski definition) is 5. The van der Waals surface area contributed by atoms with Gasteiger partial charge in [-0.15, -0.1) is 0 Å². The number of carbonyl (C=O) groups excluding carboxylic acids is 2. The van der Waals surface area contributed by atoms with Gasteiger partial charge in [0.25, 0.3) is 5.91 Å². The van der Waals surface area contributed by atoms with Crippen LogP contribution < -0.4 is 10.0 Å². The van der Waals surface area contributed by atoms with E-state index in [1.807, 2.05) is 0 Å². The van der Waals surface area contributed by atoms with E-state index < -0.39 is 28.6 Å². The number of sulfonamides is 1. The molecule has 1 aromatic carbocycles. The van der Waals surface area contributed by atoms with Gasteiger partial charge < -0.3 is 10.1 Å². The number of rotatable bonds is 7. The van der Waals surface area contributed by atoms with Crippen LogP contribution in [0.2, 0.25) is 10.0 Å². The topological polar surface area (TPSA) is 102 Å². The second kappa shape index (κ2) is 9.73. The number of amides is 1. The van der Waals surface area contributed by atoms with Gasteiger partial charge in [-0.05, 0) is 38.0 Å². The molecule has 2 N–H and O–H groups in total. The van der Waals surface area contributed by atoms with E-state index in [-0.39, 0.29) is 26.9 Å². The van der Waals surface area contributed by atoms with Crippen LogP contribution in [0.25, 0.3) is 0 Å². The number of halogens is 2. The molecule has 1 aliphatic rings. The highest BCUT2D eigenvalue weighted by molar-refractivity contribution is 7.89. The lowest BCUT2D eigenvalue weighted by molar-refractivity contribution is -0.154. The number of carbonyl (C=O) groups is 2. The van der Waals surface area contributed by atoms with Crippen LogP contribution in [0, 0.1) is 0 Å². The molecule has 1 aromatic rings. The summed E-state index contributed by atoms with van der Waals surface area (Å²) in [6.45, 7) is 0.840. The Morgan fingerprint density at radius 3 is 2.48 bits per heavy atom. The van der Waals surface area contributed by atoms with Gasteiger partial charge in [-0.2, -0.15) is 4.72 Å². The van der Waals surface area contributed by atoms with E-state index in [2.05, 4.69) is 10.0 Å². The summed E-state index contributed by atoms with van der Waals surface area (Å²) in [5.74, 6) is -1.24. The van der Waals surface area contributed by atoms with Crippen molar-refractivity contribution in [3.8, 4) is 0 Å². The van der Waals surface area contributed by atoms with E-state index in [4.69, 9.17) is 27.9 Å². The highest BCUT2D eigenvalue weighted by atomic mass is 35.5. The van der Waals surface area contributed by atoms with Crippen molar-refractivity contribution >= 4 is 45.1 Å². The Balaban J connectivity index is 1.83. The van der Waals surface area contributed by atoms with Crippen molar-refractivity contribution in [1.82, 2.24) is 10.0 Å². The van der Waals surface area contributed by atoms with Crippen LogP contribution in [-0.2, 0) is 24.3 Å². The Labute approximate surface area is 168 Å². The lowest BCUT2D eigenvalue weighted by Crippen LogP contribution is -2.43. The van der Waals surface area contributed by atoms with Crippen molar-refractivity contribution in [3.05, 3.63) is 28.2 Å². The van der Waals surface area contributed by atoms with E-state index in [9.17, 15) is 18.0 Å². The van der Waals surface area contributed by atoms with E-state index in [0.717, 1.165) is 32.1 Å². The molecule has 0 spiro atoms. The van der Waals surface area contributed by atoms with E-state index in [1.165, 1.54) is 25.1 Å². The van der Waals surface area contributed by atoms with E-state index in [1.54, 1.807) is 0 Å². The van der Waals surface area contributed by atoms with Gasteiger partial charge in [-0.3, -0.25) is 9.59 Å². The Bertz CT molecular complexity index is 795. The van der Waals surface area contributed by atoms with Crippen molar-refractivity contribution in [1.29, 1.82) is 0 Å². The summed E-state index contributed by atoms with van der Waals surface area (Å²) < 4.78 is 31.5. The third kappa shape index (κ3) is 6.64. The Hall–Kier alpha value is -1.35. The average Bonchev–Trinajstić information content (AvgIpc) is 2.63. The fourth-order valence-corrected chi connectivity index (χ4v) is 4.10. The molecular weight excluding hydrogens is 415 g/mol. The normalized spacial score (nSPS) is 16.6. The summed E-state index contributed by atoms with van der Waals surface area (Å²) >= 11 is 11.6. The number of ether oxygens (including phenoxy) is 1. The number of esters is 1. The molecule has 1 amide bonds. The average molecular weight is 437 g/mol. The predicted molar refractivity (Wildman–Crippen MR) is 102 cm³/mol. The summed E-state index contributed by atoms with van der Waals surface area (Å²) in [6.07, 6.45) is 4.11. The van der Waals surface area contributed by atoms with Gasteiger partial charge in [-0.1, -0.05) is 42.5 Å². The van der Waals surface area contributed by atoms with Crippen LogP contribution in [0.15, 0.2) is 23.1 Å². The zero-order chi connectivity index (χ0) is 20.0. The molecule has 150 valence electrons. The van der Waals surface area contributed by atoms with Crippen molar-refractivity contribution in [2.24, 2.45) is 0 Å². The molecule has 0 bridgehead atoms. The second-order valence-electron chi connectivity index (χ2n) is 6.38. The van der Waals surface area contributed by atoms with Gasteiger partial charge in [0.15, 0.2) is 6.10 Å². The maximum Gasteiger partial charge on any atom is 0.321 e. The maximum absolute atomic E-state index is 12.2. The molecule has 2 rings (SSSR count). The zero-order valence-corrected chi connectivity index (χ0v) is 17.2. The molecule has 0 saturated heterocycles. The predicted octanol–water partition coefficient (Wildman–Crippen LogP) is 2.65. The minimum Gasteiger partial charge on any atom is -0.452 e. The summed E-state index contributed by atoms with van der Waals surface area (Å²) in [5, 5.41) is 3.15. The van der Waals surface area contributed by atoms with Gasteiger partial charge in [-0.25, -0.2) is 8.42 Å². The number of hydrogen-bond donors (Lipinski definition) is 2. The molecule has 1 fully saturated rings. The van der Waals surface area contributed by atoms with Crippen LogP contribution in [-0.4, -0.2) is 39.0 Å². The van der Waals surface area contributed by atoms with Crippen LogP contribution >= 0.6 is 23.2 Å². The second-order valence-corrected chi connectivity index (χ2v) is 8.96. The first kappa shape index (κ1) is 21.9. The molecule has 0 radical (unpaired) electrons. The maximum atomic E-state index is 12.2. The van der Waals surface area contributed by atoms with Crippen LogP contribution in [0.3, 0.4) is 0 Å². The molecule has 1 saturated carbocycles. The first-order valence-corrected chi connectivity index (χ1v) is 10.9. The molecular formula is C17H22Cl2N2O5S. The third-order valence-electron chi connectivity index (χ3n) is 4.24. The molecule has 7 nitrogen and oxygen atoms in total. The summed E-state index contributed by atoms with van der Waals surface area (Å²) in [4.78, 5) is 23.8. The van der Waals surface area contributed by atoms with Crippen LogP contribution in [0.1, 0.15) is 39.0 Å². The Morgan fingerprint density at radius 1 is 1.19 bits per heavy atom.